The monoisotopic (exact) mass is 248 g/mol. The average molecular weight is 248 g/mol. The molecule has 1 aromatic heterocycles. The van der Waals surface area contributed by atoms with Gasteiger partial charge in [-0.2, -0.15) is 0 Å². The molecule has 1 unspecified atom stereocenters. The molecule has 0 amide bonds. The molecule has 3 heteroatoms. The Morgan fingerprint density at radius 3 is 2.56 bits per heavy atom. The highest BCUT2D eigenvalue weighted by atomic mass is 16.5. The third kappa shape index (κ3) is 2.73. The molecule has 0 aromatic carbocycles. The van der Waals surface area contributed by atoms with Gasteiger partial charge in [0.2, 0.25) is 0 Å². The van der Waals surface area contributed by atoms with Crippen LogP contribution in [0.25, 0.3) is 0 Å². The zero-order valence-corrected chi connectivity index (χ0v) is 12.1. The highest BCUT2D eigenvalue weighted by Gasteiger charge is 2.33. The molecule has 1 aliphatic heterocycles. The van der Waals surface area contributed by atoms with Gasteiger partial charge < -0.3 is 10.1 Å². The fourth-order valence-corrected chi connectivity index (χ4v) is 2.74. The number of aromatic nitrogens is 1. The summed E-state index contributed by atoms with van der Waals surface area (Å²) < 4.78 is 5.29. The van der Waals surface area contributed by atoms with Crippen molar-refractivity contribution >= 4 is 0 Å². The van der Waals surface area contributed by atoms with Crippen molar-refractivity contribution in [2.24, 2.45) is 5.41 Å². The first kappa shape index (κ1) is 13.5. The number of rotatable bonds is 4. The van der Waals surface area contributed by atoms with Gasteiger partial charge in [-0.15, -0.1) is 0 Å². The zero-order valence-electron chi connectivity index (χ0n) is 12.1. The number of hydrogen-bond donors (Lipinski definition) is 1. The highest BCUT2D eigenvalue weighted by Crippen LogP contribution is 2.27. The van der Waals surface area contributed by atoms with Gasteiger partial charge in [-0.05, 0) is 44.9 Å². The fourth-order valence-electron chi connectivity index (χ4n) is 2.74. The van der Waals surface area contributed by atoms with Crippen LogP contribution in [-0.4, -0.2) is 24.7 Å². The molecule has 0 spiro atoms. The van der Waals surface area contributed by atoms with Crippen LogP contribution in [0.2, 0.25) is 0 Å². The van der Waals surface area contributed by atoms with E-state index in [1.165, 1.54) is 11.1 Å². The second kappa shape index (κ2) is 4.98. The maximum absolute atomic E-state index is 5.29. The van der Waals surface area contributed by atoms with Crippen molar-refractivity contribution < 1.29 is 4.74 Å². The predicted octanol–water partition coefficient (Wildman–Crippen LogP) is 2.69. The van der Waals surface area contributed by atoms with E-state index in [9.17, 15) is 0 Å². The summed E-state index contributed by atoms with van der Waals surface area (Å²) in [6.07, 6.45) is 0. The van der Waals surface area contributed by atoms with Crippen molar-refractivity contribution in [1.82, 2.24) is 10.3 Å². The van der Waals surface area contributed by atoms with Crippen LogP contribution in [0, 0.1) is 26.2 Å². The SMILES string of the molecule is Cc1cc(C)c(C(C)NCC2(C)COC2)c(C)n1. The minimum atomic E-state index is 0.314. The molecule has 1 aromatic rings. The van der Waals surface area contributed by atoms with Crippen molar-refractivity contribution in [3.63, 3.8) is 0 Å². The number of aryl methyl sites for hydroxylation is 3. The van der Waals surface area contributed by atoms with Gasteiger partial charge in [0.05, 0.1) is 13.2 Å². The summed E-state index contributed by atoms with van der Waals surface area (Å²) >= 11 is 0. The number of pyridine rings is 1. The standard InChI is InChI=1S/C15H24N2O/c1-10-6-11(2)17-13(4)14(10)12(3)16-7-15(5)8-18-9-15/h6,12,16H,7-9H2,1-5H3. The number of nitrogens with one attached hydrogen (secondary N) is 1. The fraction of sp³-hybridized carbons (Fsp3) is 0.667. The lowest BCUT2D eigenvalue weighted by Gasteiger charge is -2.39. The molecule has 1 aliphatic rings. The van der Waals surface area contributed by atoms with E-state index in [1.807, 2.05) is 0 Å². The minimum Gasteiger partial charge on any atom is -0.380 e. The Bertz CT molecular complexity index is 415. The Morgan fingerprint density at radius 1 is 1.39 bits per heavy atom. The maximum Gasteiger partial charge on any atom is 0.0554 e. The molecular formula is C15H24N2O. The zero-order chi connectivity index (χ0) is 13.3. The summed E-state index contributed by atoms with van der Waals surface area (Å²) in [4.78, 5) is 4.57. The summed E-state index contributed by atoms with van der Waals surface area (Å²) in [5.41, 5.74) is 5.22. The summed E-state index contributed by atoms with van der Waals surface area (Å²) in [6, 6.07) is 2.50. The van der Waals surface area contributed by atoms with Crippen molar-refractivity contribution in [2.45, 2.75) is 40.7 Å². The molecule has 1 saturated heterocycles. The quantitative estimate of drug-likeness (QED) is 0.889. The van der Waals surface area contributed by atoms with Crippen molar-refractivity contribution in [3.8, 4) is 0 Å². The summed E-state index contributed by atoms with van der Waals surface area (Å²) in [6.45, 7) is 13.5. The van der Waals surface area contributed by atoms with Crippen molar-refractivity contribution in [3.05, 3.63) is 28.6 Å². The van der Waals surface area contributed by atoms with E-state index in [0.717, 1.165) is 31.1 Å². The van der Waals surface area contributed by atoms with Crippen LogP contribution < -0.4 is 5.32 Å². The summed E-state index contributed by atoms with van der Waals surface area (Å²) in [5.74, 6) is 0. The lowest BCUT2D eigenvalue weighted by molar-refractivity contribution is -0.0999. The van der Waals surface area contributed by atoms with Crippen LogP contribution >= 0.6 is 0 Å². The average Bonchev–Trinajstić information content (AvgIpc) is 2.22. The van der Waals surface area contributed by atoms with E-state index in [2.05, 4.69) is 51.0 Å². The van der Waals surface area contributed by atoms with Crippen molar-refractivity contribution in [2.75, 3.05) is 19.8 Å². The smallest absolute Gasteiger partial charge is 0.0554 e. The molecule has 1 atom stereocenters. The molecular weight excluding hydrogens is 224 g/mol. The molecule has 18 heavy (non-hydrogen) atoms. The van der Waals surface area contributed by atoms with Gasteiger partial charge in [0.15, 0.2) is 0 Å². The topological polar surface area (TPSA) is 34.1 Å². The van der Waals surface area contributed by atoms with Crippen LogP contribution in [0.4, 0.5) is 0 Å². The first-order valence-corrected chi connectivity index (χ1v) is 6.67. The molecule has 100 valence electrons. The Hall–Kier alpha value is -0.930. The molecule has 0 radical (unpaired) electrons. The van der Waals surface area contributed by atoms with Gasteiger partial charge in [-0.1, -0.05) is 6.92 Å². The number of ether oxygens (including phenoxy) is 1. The molecule has 3 nitrogen and oxygen atoms in total. The molecule has 1 N–H and O–H groups in total. The normalized spacial score (nSPS) is 19.4. The van der Waals surface area contributed by atoms with Crippen molar-refractivity contribution in [1.29, 1.82) is 0 Å². The van der Waals surface area contributed by atoms with E-state index in [4.69, 9.17) is 4.74 Å². The van der Waals surface area contributed by atoms with Gasteiger partial charge in [0, 0.05) is 29.4 Å². The summed E-state index contributed by atoms with van der Waals surface area (Å²) in [5, 5.41) is 3.62. The lowest BCUT2D eigenvalue weighted by atomic mass is 9.88. The Morgan fingerprint density at radius 2 is 2.06 bits per heavy atom. The van der Waals surface area contributed by atoms with E-state index in [1.54, 1.807) is 0 Å². The molecule has 0 saturated carbocycles. The van der Waals surface area contributed by atoms with Gasteiger partial charge in [-0.3, -0.25) is 4.98 Å². The maximum atomic E-state index is 5.29. The highest BCUT2D eigenvalue weighted by molar-refractivity contribution is 5.33. The number of nitrogens with zero attached hydrogens (tertiary/aromatic N) is 1. The van der Waals surface area contributed by atoms with Crippen LogP contribution in [-0.2, 0) is 4.74 Å². The first-order chi connectivity index (χ1) is 8.41. The van der Waals surface area contributed by atoms with Crippen LogP contribution in [0.1, 0.15) is 42.4 Å². The van der Waals surface area contributed by atoms with Gasteiger partial charge in [0.25, 0.3) is 0 Å². The lowest BCUT2D eigenvalue weighted by Crippen LogP contribution is -2.47. The third-order valence-corrected chi connectivity index (χ3v) is 3.75. The number of hydrogen-bond acceptors (Lipinski definition) is 3. The molecule has 0 aliphatic carbocycles. The van der Waals surface area contributed by atoms with Crippen LogP contribution in [0.15, 0.2) is 6.07 Å². The predicted molar refractivity (Wildman–Crippen MR) is 73.8 cm³/mol. The molecule has 2 heterocycles. The van der Waals surface area contributed by atoms with Crippen LogP contribution in [0.5, 0.6) is 0 Å². The van der Waals surface area contributed by atoms with Gasteiger partial charge >= 0.3 is 0 Å². The minimum absolute atomic E-state index is 0.314. The first-order valence-electron chi connectivity index (χ1n) is 6.67. The largest absolute Gasteiger partial charge is 0.380 e. The molecule has 2 rings (SSSR count). The van der Waals surface area contributed by atoms with Crippen LogP contribution in [0.3, 0.4) is 0 Å². The summed E-state index contributed by atoms with van der Waals surface area (Å²) in [7, 11) is 0. The van der Waals surface area contributed by atoms with E-state index in [-0.39, 0.29) is 0 Å². The molecule has 0 bridgehead atoms. The Balaban J connectivity index is 2.06. The van der Waals surface area contributed by atoms with E-state index < -0.39 is 0 Å². The third-order valence-electron chi connectivity index (χ3n) is 3.75. The Kier molecular flexibility index (Phi) is 3.74. The van der Waals surface area contributed by atoms with E-state index in [0.29, 0.717) is 11.5 Å². The van der Waals surface area contributed by atoms with Gasteiger partial charge in [0.1, 0.15) is 0 Å². The second-order valence-electron chi connectivity index (χ2n) is 5.99. The molecule has 1 fully saturated rings. The van der Waals surface area contributed by atoms with E-state index >= 15 is 0 Å². The van der Waals surface area contributed by atoms with Gasteiger partial charge in [-0.25, -0.2) is 0 Å². The second-order valence-corrected chi connectivity index (χ2v) is 5.99. The Labute approximate surface area is 110 Å².